The molecular formula is C22H23N5O2. The third-order valence-corrected chi connectivity index (χ3v) is 4.15. The topological polar surface area (TPSA) is 96.0 Å². The maximum atomic E-state index is 12.4. The van der Waals surface area contributed by atoms with Crippen molar-refractivity contribution in [2.45, 2.75) is 19.8 Å². The third kappa shape index (κ3) is 6.42. The highest BCUT2D eigenvalue weighted by Crippen LogP contribution is 2.15. The molecule has 0 spiro atoms. The molecule has 3 N–H and O–H groups in total. The van der Waals surface area contributed by atoms with E-state index in [1.165, 1.54) is 18.8 Å². The van der Waals surface area contributed by atoms with Crippen molar-refractivity contribution in [2.24, 2.45) is 0 Å². The van der Waals surface area contributed by atoms with Crippen molar-refractivity contribution < 1.29 is 9.59 Å². The predicted molar refractivity (Wildman–Crippen MR) is 114 cm³/mol. The van der Waals surface area contributed by atoms with E-state index in [9.17, 15) is 9.59 Å². The molecule has 148 valence electrons. The summed E-state index contributed by atoms with van der Waals surface area (Å²) in [6.45, 7) is 2.19. The zero-order valence-electron chi connectivity index (χ0n) is 16.2. The number of aryl methyl sites for hydroxylation is 1. The van der Waals surface area contributed by atoms with Crippen LogP contribution < -0.4 is 16.0 Å². The highest BCUT2D eigenvalue weighted by molar-refractivity contribution is 6.03. The molecule has 0 radical (unpaired) electrons. The molecular weight excluding hydrogens is 366 g/mol. The second-order valence-corrected chi connectivity index (χ2v) is 6.52. The standard InChI is InChI=1S/C22H23N5O2/c1-16(28)26-18-9-11-19(12-10-18)27-22(29)20-14-21(25-15-24-20)23-13-5-8-17-6-3-2-4-7-17/h2-4,6-7,9-12,14-15H,5,8,13H2,1H3,(H,26,28)(H,27,29)(H,23,24,25). The van der Waals surface area contributed by atoms with Crippen molar-refractivity contribution in [3.8, 4) is 0 Å². The number of nitrogens with zero attached hydrogens (tertiary/aromatic N) is 2. The average Bonchev–Trinajstić information content (AvgIpc) is 2.73. The molecule has 1 aromatic heterocycles. The van der Waals surface area contributed by atoms with Gasteiger partial charge in [0.25, 0.3) is 5.91 Å². The number of carbonyl (C=O) groups is 2. The van der Waals surface area contributed by atoms with Crippen LogP contribution >= 0.6 is 0 Å². The van der Waals surface area contributed by atoms with Crippen LogP contribution in [0.4, 0.5) is 17.2 Å². The Hall–Kier alpha value is -3.74. The lowest BCUT2D eigenvalue weighted by atomic mass is 10.1. The van der Waals surface area contributed by atoms with E-state index >= 15 is 0 Å². The smallest absolute Gasteiger partial charge is 0.274 e. The minimum atomic E-state index is -0.327. The molecule has 1 heterocycles. The molecule has 2 aromatic carbocycles. The maximum absolute atomic E-state index is 12.4. The summed E-state index contributed by atoms with van der Waals surface area (Å²) in [6.07, 6.45) is 3.30. The van der Waals surface area contributed by atoms with E-state index in [1.54, 1.807) is 30.3 Å². The number of hydrogen-bond acceptors (Lipinski definition) is 5. The molecule has 0 aliphatic carbocycles. The highest BCUT2D eigenvalue weighted by atomic mass is 16.2. The quantitative estimate of drug-likeness (QED) is 0.510. The van der Waals surface area contributed by atoms with E-state index in [-0.39, 0.29) is 17.5 Å². The van der Waals surface area contributed by atoms with Gasteiger partial charge in [-0.05, 0) is 42.7 Å². The van der Waals surface area contributed by atoms with Crippen molar-refractivity contribution in [2.75, 3.05) is 22.5 Å². The molecule has 7 nitrogen and oxygen atoms in total. The summed E-state index contributed by atoms with van der Waals surface area (Å²) in [5, 5.41) is 8.69. The van der Waals surface area contributed by atoms with Crippen LogP contribution in [0.1, 0.15) is 29.4 Å². The fourth-order valence-corrected chi connectivity index (χ4v) is 2.77. The van der Waals surface area contributed by atoms with E-state index < -0.39 is 0 Å². The first-order valence-electron chi connectivity index (χ1n) is 9.39. The van der Waals surface area contributed by atoms with Gasteiger partial charge in [0.1, 0.15) is 17.8 Å². The van der Waals surface area contributed by atoms with Crippen LogP contribution in [-0.4, -0.2) is 28.3 Å². The first kappa shape index (κ1) is 20.0. The minimum Gasteiger partial charge on any atom is -0.370 e. The van der Waals surface area contributed by atoms with Gasteiger partial charge in [-0.3, -0.25) is 9.59 Å². The van der Waals surface area contributed by atoms with E-state index in [2.05, 4.69) is 38.1 Å². The summed E-state index contributed by atoms with van der Waals surface area (Å²) in [7, 11) is 0. The number of amides is 2. The second kappa shape index (κ2) is 9.98. The second-order valence-electron chi connectivity index (χ2n) is 6.52. The molecule has 7 heteroatoms. The van der Waals surface area contributed by atoms with Gasteiger partial charge in [-0.15, -0.1) is 0 Å². The van der Waals surface area contributed by atoms with E-state index in [0.29, 0.717) is 17.2 Å². The number of rotatable bonds is 8. The molecule has 3 rings (SSSR count). The van der Waals surface area contributed by atoms with E-state index in [0.717, 1.165) is 19.4 Å². The van der Waals surface area contributed by atoms with Crippen LogP contribution in [0.15, 0.2) is 67.0 Å². The Balaban J connectivity index is 1.51. The van der Waals surface area contributed by atoms with Gasteiger partial charge in [0.15, 0.2) is 0 Å². The minimum absolute atomic E-state index is 0.147. The van der Waals surface area contributed by atoms with Crippen molar-refractivity contribution in [1.29, 1.82) is 0 Å². The maximum Gasteiger partial charge on any atom is 0.274 e. The molecule has 0 atom stereocenters. The van der Waals surface area contributed by atoms with E-state index in [1.807, 2.05) is 18.2 Å². The number of carbonyl (C=O) groups excluding carboxylic acids is 2. The molecule has 0 unspecified atom stereocenters. The zero-order valence-corrected chi connectivity index (χ0v) is 16.2. The Morgan fingerprint density at radius 3 is 2.28 bits per heavy atom. The first-order valence-corrected chi connectivity index (χ1v) is 9.39. The Morgan fingerprint density at radius 1 is 0.897 bits per heavy atom. The number of anilines is 3. The molecule has 3 aromatic rings. The van der Waals surface area contributed by atoms with Crippen molar-refractivity contribution in [1.82, 2.24) is 9.97 Å². The summed E-state index contributed by atoms with van der Waals surface area (Å²) >= 11 is 0. The SMILES string of the molecule is CC(=O)Nc1ccc(NC(=O)c2cc(NCCCc3ccccc3)ncn2)cc1. The monoisotopic (exact) mass is 389 g/mol. The lowest BCUT2D eigenvalue weighted by Crippen LogP contribution is -2.15. The Morgan fingerprint density at radius 2 is 1.59 bits per heavy atom. The van der Waals surface area contributed by atoms with Crippen LogP contribution in [0, 0.1) is 0 Å². The molecule has 0 aliphatic heterocycles. The van der Waals surface area contributed by atoms with Crippen LogP contribution in [0.5, 0.6) is 0 Å². The van der Waals surface area contributed by atoms with Gasteiger partial charge >= 0.3 is 0 Å². The van der Waals surface area contributed by atoms with Crippen LogP contribution in [0.3, 0.4) is 0 Å². The largest absolute Gasteiger partial charge is 0.370 e. The molecule has 0 saturated carbocycles. The van der Waals surface area contributed by atoms with Crippen LogP contribution in [-0.2, 0) is 11.2 Å². The van der Waals surface area contributed by atoms with Crippen molar-refractivity contribution in [3.63, 3.8) is 0 Å². The fourth-order valence-electron chi connectivity index (χ4n) is 2.77. The van der Waals surface area contributed by atoms with Gasteiger partial charge in [0.05, 0.1) is 0 Å². The highest BCUT2D eigenvalue weighted by Gasteiger charge is 2.09. The molecule has 0 bridgehead atoms. The van der Waals surface area contributed by atoms with Gasteiger partial charge in [0.2, 0.25) is 5.91 Å². The summed E-state index contributed by atoms with van der Waals surface area (Å²) in [4.78, 5) is 31.7. The molecule has 2 amide bonds. The van der Waals surface area contributed by atoms with Crippen molar-refractivity contribution in [3.05, 3.63) is 78.2 Å². The third-order valence-electron chi connectivity index (χ3n) is 4.15. The fraction of sp³-hybridized carbons (Fsp3) is 0.182. The van der Waals surface area contributed by atoms with Crippen molar-refractivity contribution >= 4 is 29.0 Å². The summed E-state index contributed by atoms with van der Waals surface area (Å²) in [5.41, 5.74) is 2.85. The molecule has 0 saturated heterocycles. The predicted octanol–water partition coefficient (Wildman–Crippen LogP) is 3.73. The number of aromatic nitrogens is 2. The molecule has 0 fully saturated rings. The van der Waals surface area contributed by atoms with Gasteiger partial charge < -0.3 is 16.0 Å². The summed E-state index contributed by atoms with van der Waals surface area (Å²) < 4.78 is 0. The van der Waals surface area contributed by atoms with Gasteiger partial charge in [-0.1, -0.05) is 30.3 Å². The van der Waals surface area contributed by atoms with Crippen LogP contribution in [0.25, 0.3) is 0 Å². The average molecular weight is 389 g/mol. The van der Waals surface area contributed by atoms with Gasteiger partial charge in [0, 0.05) is 30.9 Å². The number of nitrogens with one attached hydrogen (secondary N) is 3. The Kier molecular flexibility index (Phi) is 6.89. The Bertz CT molecular complexity index is 958. The van der Waals surface area contributed by atoms with Gasteiger partial charge in [-0.25, -0.2) is 9.97 Å². The number of benzene rings is 2. The molecule has 0 aliphatic rings. The lowest BCUT2D eigenvalue weighted by molar-refractivity contribution is -0.114. The summed E-state index contributed by atoms with van der Waals surface area (Å²) in [5.74, 6) is 0.137. The van der Waals surface area contributed by atoms with E-state index in [4.69, 9.17) is 0 Å². The first-order chi connectivity index (χ1) is 14.1. The lowest BCUT2D eigenvalue weighted by Gasteiger charge is -2.08. The summed E-state index contributed by atoms with van der Waals surface area (Å²) in [6, 6.07) is 18.8. The Labute approximate surface area is 169 Å². The van der Waals surface area contributed by atoms with Gasteiger partial charge in [-0.2, -0.15) is 0 Å². The molecule has 29 heavy (non-hydrogen) atoms. The zero-order chi connectivity index (χ0) is 20.5. The van der Waals surface area contributed by atoms with Crippen LogP contribution in [0.2, 0.25) is 0 Å². The normalized spacial score (nSPS) is 10.2. The number of hydrogen-bond donors (Lipinski definition) is 3.